The third kappa shape index (κ3) is 8.07. The van der Waals surface area contributed by atoms with Crippen molar-refractivity contribution in [2.24, 2.45) is 0 Å². The van der Waals surface area contributed by atoms with E-state index in [0.717, 1.165) is 12.0 Å². The second-order valence-electron chi connectivity index (χ2n) is 7.81. The van der Waals surface area contributed by atoms with E-state index in [1.165, 1.54) is 0 Å². The van der Waals surface area contributed by atoms with E-state index in [2.05, 4.69) is 33.9 Å². The van der Waals surface area contributed by atoms with Crippen molar-refractivity contribution in [3.63, 3.8) is 0 Å². The Morgan fingerprint density at radius 3 is 2.08 bits per heavy atom. The molecule has 26 heavy (non-hydrogen) atoms. The largest absolute Gasteiger partial charge is 0.497 e. The Morgan fingerprint density at radius 2 is 1.62 bits per heavy atom. The first-order valence-electron chi connectivity index (χ1n) is 8.63. The standard InChI is InChI=1S/C18H32O6SSi/c1-18(2,3)26(6,7)23-14-17(24-25(5,19)20)12-13-22-16-10-8-15(21-4)9-11-16/h8-11,17H,12-14H2,1-7H3. The predicted molar refractivity (Wildman–Crippen MR) is 106 cm³/mol. The van der Waals surface area contributed by atoms with Crippen LogP contribution in [0.15, 0.2) is 24.3 Å². The van der Waals surface area contributed by atoms with Gasteiger partial charge in [-0.25, -0.2) is 0 Å². The molecule has 0 fully saturated rings. The van der Waals surface area contributed by atoms with E-state index in [1.54, 1.807) is 31.4 Å². The van der Waals surface area contributed by atoms with Gasteiger partial charge in [0.05, 0.1) is 26.6 Å². The van der Waals surface area contributed by atoms with Crippen LogP contribution < -0.4 is 9.47 Å². The minimum absolute atomic E-state index is 0.0439. The molecule has 1 atom stereocenters. The van der Waals surface area contributed by atoms with Crippen LogP contribution in [0.1, 0.15) is 27.2 Å². The van der Waals surface area contributed by atoms with Crippen LogP contribution in [0.2, 0.25) is 18.1 Å². The molecule has 0 N–H and O–H groups in total. The van der Waals surface area contributed by atoms with Gasteiger partial charge in [0.15, 0.2) is 8.32 Å². The first-order valence-corrected chi connectivity index (χ1v) is 13.4. The fraction of sp³-hybridized carbons (Fsp3) is 0.667. The van der Waals surface area contributed by atoms with Crippen LogP contribution in [0, 0.1) is 0 Å². The van der Waals surface area contributed by atoms with Gasteiger partial charge in [0.2, 0.25) is 0 Å². The summed E-state index contributed by atoms with van der Waals surface area (Å²) in [5, 5.41) is 0.0439. The van der Waals surface area contributed by atoms with Gasteiger partial charge in [-0.05, 0) is 42.4 Å². The number of hydrogen-bond acceptors (Lipinski definition) is 6. The quantitative estimate of drug-likeness (QED) is 0.436. The summed E-state index contributed by atoms with van der Waals surface area (Å²) in [6.07, 6.45) is 0.891. The Labute approximate surface area is 159 Å². The Bertz CT molecular complexity index is 649. The monoisotopic (exact) mass is 404 g/mol. The zero-order valence-electron chi connectivity index (χ0n) is 16.9. The van der Waals surface area contributed by atoms with Gasteiger partial charge >= 0.3 is 0 Å². The highest BCUT2D eigenvalue weighted by atomic mass is 32.2. The molecule has 0 aromatic heterocycles. The summed E-state index contributed by atoms with van der Waals surface area (Å²) in [6.45, 7) is 11.2. The van der Waals surface area contributed by atoms with E-state index in [1.807, 2.05) is 0 Å². The normalized spacial score (nSPS) is 14.1. The lowest BCUT2D eigenvalue weighted by molar-refractivity contribution is 0.104. The van der Waals surface area contributed by atoms with Crippen LogP contribution in [-0.2, 0) is 18.7 Å². The van der Waals surface area contributed by atoms with Crippen LogP contribution in [0.3, 0.4) is 0 Å². The first kappa shape index (κ1) is 22.9. The van der Waals surface area contributed by atoms with Crippen LogP contribution in [-0.4, -0.2) is 49.4 Å². The molecule has 0 spiro atoms. The zero-order chi connectivity index (χ0) is 20.0. The van der Waals surface area contributed by atoms with Crippen molar-refractivity contribution in [2.45, 2.75) is 51.4 Å². The predicted octanol–water partition coefficient (Wildman–Crippen LogP) is 3.83. The first-order chi connectivity index (χ1) is 11.8. The highest BCUT2D eigenvalue weighted by Crippen LogP contribution is 2.36. The van der Waals surface area contributed by atoms with Gasteiger partial charge in [-0.3, -0.25) is 4.18 Å². The van der Waals surface area contributed by atoms with E-state index >= 15 is 0 Å². The third-order valence-electron chi connectivity index (χ3n) is 4.52. The lowest BCUT2D eigenvalue weighted by Crippen LogP contribution is -2.43. The maximum atomic E-state index is 11.5. The van der Waals surface area contributed by atoms with Crippen LogP contribution in [0.5, 0.6) is 11.5 Å². The molecular weight excluding hydrogens is 372 g/mol. The van der Waals surface area contributed by atoms with E-state index in [0.29, 0.717) is 18.8 Å². The SMILES string of the molecule is COc1ccc(OCCC(CO[Si](C)(C)C(C)(C)C)OS(C)(=O)=O)cc1. The summed E-state index contributed by atoms with van der Waals surface area (Å²) in [7, 11) is -3.95. The summed E-state index contributed by atoms with van der Waals surface area (Å²) >= 11 is 0. The van der Waals surface area contributed by atoms with E-state index in [-0.39, 0.29) is 11.6 Å². The topological polar surface area (TPSA) is 71.1 Å². The number of methoxy groups -OCH3 is 1. The number of benzene rings is 1. The molecular formula is C18H32O6SSi. The van der Waals surface area contributed by atoms with E-state index in [4.69, 9.17) is 18.1 Å². The average Bonchev–Trinajstić information content (AvgIpc) is 2.51. The molecule has 0 aliphatic carbocycles. The minimum Gasteiger partial charge on any atom is -0.497 e. The molecule has 0 radical (unpaired) electrons. The van der Waals surface area contributed by atoms with Crippen LogP contribution in [0.4, 0.5) is 0 Å². The highest BCUT2D eigenvalue weighted by molar-refractivity contribution is 7.86. The van der Waals surface area contributed by atoms with E-state index in [9.17, 15) is 8.42 Å². The van der Waals surface area contributed by atoms with E-state index < -0.39 is 24.5 Å². The van der Waals surface area contributed by atoms with Gasteiger partial charge in [0, 0.05) is 6.42 Å². The molecule has 8 heteroatoms. The molecule has 0 aliphatic rings. The van der Waals surface area contributed by atoms with Gasteiger partial charge < -0.3 is 13.9 Å². The second-order valence-corrected chi connectivity index (χ2v) is 14.2. The Kier molecular flexibility index (Phi) is 8.13. The molecule has 1 aromatic rings. The minimum atomic E-state index is -3.57. The smallest absolute Gasteiger partial charge is 0.264 e. The second kappa shape index (κ2) is 9.21. The van der Waals surface area contributed by atoms with Crippen molar-refractivity contribution in [1.29, 1.82) is 0 Å². The summed E-state index contributed by atoms with van der Waals surface area (Å²) in [5.41, 5.74) is 0. The Hall–Kier alpha value is -1.09. The molecule has 0 bridgehead atoms. The van der Waals surface area contributed by atoms with Crippen LogP contribution in [0.25, 0.3) is 0 Å². The molecule has 0 heterocycles. The lowest BCUT2D eigenvalue weighted by atomic mass is 10.2. The fourth-order valence-corrected chi connectivity index (χ4v) is 3.59. The molecule has 1 unspecified atom stereocenters. The van der Waals surface area contributed by atoms with Gasteiger partial charge in [-0.1, -0.05) is 20.8 Å². The van der Waals surface area contributed by atoms with Gasteiger partial charge in [-0.2, -0.15) is 8.42 Å². The maximum absolute atomic E-state index is 11.5. The van der Waals surface area contributed by atoms with Crippen molar-refractivity contribution in [1.82, 2.24) is 0 Å². The van der Waals surface area contributed by atoms with Crippen molar-refractivity contribution in [2.75, 3.05) is 26.6 Å². The Balaban J connectivity index is 2.62. The van der Waals surface area contributed by atoms with Crippen LogP contribution >= 0.6 is 0 Å². The number of hydrogen-bond donors (Lipinski definition) is 0. The van der Waals surface area contributed by atoms with Crippen molar-refractivity contribution in [3.05, 3.63) is 24.3 Å². The highest BCUT2D eigenvalue weighted by Gasteiger charge is 2.37. The van der Waals surface area contributed by atoms with Crippen molar-refractivity contribution < 1.29 is 26.5 Å². The lowest BCUT2D eigenvalue weighted by Gasteiger charge is -2.37. The molecule has 6 nitrogen and oxygen atoms in total. The zero-order valence-corrected chi connectivity index (χ0v) is 18.7. The summed E-state index contributed by atoms with van der Waals surface area (Å²) in [4.78, 5) is 0. The van der Waals surface area contributed by atoms with Crippen molar-refractivity contribution in [3.8, 4) is 11.5 Å². The molecule has 1 aromatic carbocycles. The number of ether oxygens (including phenoxy) is 2. The third-order valence-corrected chi connectivity index (χ3v) is 9.64. The fourth-order valence-electron chi connectivity index (χ4n) is 1.90. The van der Waals surface area contributed by atoms with Gasteiger partial charge in [0.25, 0.3) is 10.1 Å². The molecule has 0 amide bonds. The molecule has 0 saturated heterocycles. The molecule has 150 valence electrons. The van der Waals surface area contributed by atoms with Gasteiger partial charge in [-0.15, -0.1) is 0 Å². The molecule has 1 rings (SSSR count). The molecule has 0 saturated carbocycles. The Morgan fingerprint density at radius 1 is 1.08 bits per heavy atom. The number of rotatable bonds is 10. The van der Waals surface area contributed by atoms with Gasteiger partial charge in [0.1, 0.15) is 17.6 Å². The van der Waals surface area contributed by atoms with Crippen molar-refractivity contribution >= 4 is 18.4 Å². The summed E-state index contributed by atoms with van der Waals surface area (Å²) in [5.74, 6) is 1.44. The summed E-state index contributed by atoms with van der Waals surface area (Å²) < 4.78 is 45.2. The maximum Gasteiger partial charge on any atom is 0.264 e. The average molecular weight is 405 g/mol. The molecule has 0 aliphatic heterocycles. The summed E-state index contributed by atoms with van der Waals surface area (Å²) in [6, 6.07) is 7.22.